The van der Waals surface area contributed by atoms with E-state index in [9.17, 15) is 4.79 Å². The van der Waals surface area contributed by atoms with Crippen LogP contribution in [0.25, 0.3) is 0 Å². The number of aromatic nitrogens is 4. The van der Waals surface area contributed by atoms with Gasteiger partial charge in [0.2, 0.25) is 5.89 Å². The minimum absolute atomic E-state index is 0.159. The SMILES string of the molecule is CCc1nc(Cc2nc(C(N)=O)c(C)o2)n[nH]1. The number of H-pyrrole nitrogens is 1. The fraction of sp³-hybridized carbons (Fsp3) is 0.400. The van der Waals surface area contributed by atoms with Gasteiger partial charge in [-0.2, -0.15) is 5.10 Å². The molecular weight excluding hydrogens is 222 g/mol. The topological polar surface area (TPSA) is 111 Å². The Bertz CT molecular complexity index is 543. The third kappa shape index (κ3) is 2.32. The molecule has 90 valence electrons. The molecule has 3 N–H and O–H groups in total. The van der Waals surface area contributed by atoms with E-state index >= 15 is 0 Å². The molecule has 17 heavy (non-hydrogen) atoms. The van der Waals surface area contributed by atoms with Gasteiger partial charge in [0.25, 0.3) is 5.91 Å². The van der Waals surface area contributed by atoms with Gasteiger partial charge in [-0.3, -0.25) is 9.89 Å². The Labute approximate surface area is 97.4 Å². The number of hydrogen-bond acceptors (Lipinski definition) is 5. The summed E-state index contributed by atoms with van der Waals surface area (Å²) in [4.78, 5) is 19.2. The Hall–Kier alpha value is -2.18. The molecule has 7 nitrogen and oxygen atoms in total. The molecule has 2 aromatic rings. The predicted molar refractivity (Wildman–Crippen MR) is 58.3 cm³/mol. The summed E-state index contributed by atoms with van der Waals surface area (Å²) in [5.74, 6) is 1.59. The summed E-state index contributed by atoms with van der Waals surface area (Å²) in [6, 6.07) is 0. The van der Waals surface area contributed by atoms with Crippen LogP contribution in [0, 0.1) is 6.92 Å². The molecule has 0 aliphatic heterocycles. The lowest BCUT2D eigenvalue weighted by Gasteiger charge is -1.87. The molecule has 0 radical (unpaired) electrons. The van der Waals surface area contributed by atoms with Gasteiger partial charge < -0.3 is 10.2 Å². The minimum Gasteiger partial charge on any atom is -0.445 e. The van der Waals surface area contributed by atoms with Crippen molar-refractivity contribution in [2.24, 2.45) is 5.73 Å². The van der Waals surface area contributed by atoms with Crippen LogP contribution in [0.15, 0.2) is 4.42 Å². The van der Waals surface area contributed by atoms with Gasteiger partial charge in [0.15, 0.2) is 11.5 Å². The monoisotopic (exact) mass is 235 g/mol. The maximum Gasteiger partial charge on any atom is 0.270 e. The molecule has 0 saturated heterocycles. The van der Waals surface area contributed by atoms with Crippen molar-refractivity contribution < 1.29 is 9.21 Å². The van der Waals surface area contributed by atoms with E-state index in [1.165, 1.54) is 0 Å². The zero-order chi connectivity index (χ0) is 12.4. The van der Waals surface area contributed by atoms with E-state index in [4.69, 9.17) is 10.2 Å². The quantitative estimate of drug-likeness (QED) is 0.794. The third-order valence-electron chi connectivity index (χ3n) is 2.30. The smallest absolute Gasteiger partial charge is 0.270 e. The molecule has 0 atom stereocenters. The molecule has 0 aliphatic carbocycles. The van der Waals surface area contributed by atoms with Crippen molar-refractivity contribution in [3.05, 3.63) is 29.0 Å². The van der Waals surface area contributed by atoms with Crippen molar-refractivity contribution in [2.45, 2.75) is 26.7 Å². The Kier molecular flexibility index (Phi) is 2.90. The number of nitrogens with two attached hydrogens (primary N) is 1. The molecular formula is C10H13N5O2. The summed E-state index contributed by atoms with van der Waals surface area (Å²) in [7, 11) is 0. The number of nitrogens with zero attached hydrogens (tertiary/aromatic N) is 3. The van der Waals surface area contributed by atoms with Crippen LogP contribution in [0.3, 0.4) is 0 Å². The highest BCUT2D eigenvalue weighted by molar-refractivity contribution is 5.91. The van der Waals surface area contributed by atoms with Crippen molar-refractivity contribution in [3.63, 3.8) is 0 Å². The number of rotatable bonds is 4. The van der Waals surface area contributed by atoms with Crippen molar-refractivity contribution >= 4 is 5.91 Å². The van der Waals surface area contributed by atoms with Crippen LogP contribution in [0.5, 0.6) is 0 Å². The Morgan fingerprint density at radius 3 is 2.76 bits per heavy atom. The van der Waals surface area contributed by atoms with Crippen LogP contribution in [0.2, 0.25) is 0 Å². The first-order chi connectivity index (χ1) is 8.10. The van der Waals surface area contributed by atoms with E-state index in [2.05, 4.69) is 20.2 Å². The van der Waals surface area contributed by atoms with Gasteiger partial charge in [-0.05, 0) is 6.92 Å². The second-order valence-corrected chi connectivity index (χ2v) is 3.61. The maximum atomic E-state index is 11.0. The normalized spacial score (nSPS) is 10.7. The van der Waals surface area contributed by atoms with Gasteiger partial charge in [-0.25, -0.2) is 9.97 Å². The van der Waals surface area contributed by atoms with Crippen LogP contribution in [-0.2, 0) is 12.8 Å². The standard InChI is InChI=1S/C10H13N5O2/c1-3-6-12-7(15-14-6)4-8-13-9(10(11)16)5(2)17-8/h3-4H2,1-2H3,(H2,11,16)(H,12,14,15). The number of oxazole rings is 1. The zero-order valence-electron chi connectivity index (χ0n) is 9.65. The fourth-order valence-electron chi connectivity index (χ4n) is 1.46. The van der Waals surface area contributed by atoms with E-state index in [1.807, 2.05) is 6.92 Å². The molecule has 2 rings (SSSR count). The molecule has 1 amide bonds. The van der Waals surface area contributed by atoms with Crippen LogP contribution in [-0.4, -0.2) is 26.1 Å². The van der Waals surface area contributed by atoms with Gasteiger partial charge in [0.1, 0.15) is 11.6 Å². The van der Waals surface area contributed by atoms with Crippen molar-refractivity contribution in [1.29, 1.82) is 0 Å². The number of carbonyl (C=O) groups excluding carboxylic acids is 1. The van der Waals surface area contributed by atoms with E-state index in [1.54, 1.807) is 6.92 Å². The number of primary amides is 1. The number of hydrogen-bond donors (Lipinski definition) is 2. The zero-order valence-corrected chi connectivity index (χ0v) is 9.65. The first-order valence-corrected chi connectivity index (χ1v) is 5.26. The predicted octanol–water partition coefficient (Wildman–Crippen LogP) is 0.353. The van der Waals surface area contributed by atoms with E-state index in [0.29, 0.717) is 23.9 Å². The second-order valence-electron chi connectivity index (χ2n) is 3.61. The van der Waals surface area contributed by atoms with Crippen molar-refractivity contribution in [1.82, 2.24) is 20.2 Å². The summed E-state index contributed by atoms with van der Waals surface area (Å²) in [5.41, 5.74) is 5.31. The Morgan fingerprint density at radius 1 is 1.47 bits per heavy atom. The van der Waals surface area contributed by atoms with Gasteiger partial charge in [0.05, 0.1) is 6.42 Å². The largest absolute Gasteiger partial charge is 0.445 e. The van der Waals surface area contributed by atoms with E-state index < -0.39 is 5.91 Å². The third-order valence-corrected chi connectivity index (χ3v) is 2.30. The van der Waals surface area contributed by atoms with Crippen LogP contribution >= 0.6 is 0 Å². The minimum atomic E-state index is -0.596. The summed E-state index contributed by atoms with van der Waals surface area (Å²) in [5, 5.41) is 6.81. The van der Waals surface area contributed by atoms with E-state index in [0.717, 1.165) is 12.2 Å². The number of carbonyl (C=O) groups is 1. The molecule has 7 heteroatoms. The highest BCUT2D eigenvalue weighted by atomic mass is 16.4. The summed E-state index contributed by atoms with van der Waals surface area (Å²) < 4.78 is 5.32. The fourth-order valence-corrected chi connectivity index (χ4v) is 1.46. The van der Waals surface area contributed by atoms with Gasteiger partial charge in [0, 0.05) is 6.42 Å². The molecule has 0 unspecified atom stereocenters. The summed E-state index contributed by atoms with van der Waals surface area (Å²) >= 11 is 0. The molecule has 2 aromatic heterocycles. The molecule has 0 bridgehead atoms. The second kappa shape index (κ2) is 4.36. The molecule has 0 fully saturated rings. The van der Waals surface area contributed by atoms with Crippen LogP contribution in [0.1, 0.15) is 40.7 Å². The van der Waals surface area contributed by atoms with Crippen molar-refractivity contribution in [2.75, 3.05) is 0 Å². The van der Waals surface area contributed by atoms with Gasteiger partial charge >= 0.3 is 0 Å². The average Bonchev–Trinajstić information content (AvgIpc) is 2.85. The summed E-state index contributed by atoms with van der Waals surface area (Å²) in [6.45, 7) is 3.62. The Morgan fingerprint density at radius 2 is 2.24 bits per heavy atom. The number of aryl methyl sites for hydroxylation is 2. The first kappa shape index (κ1) is 11.3. The lowest BCUT2D eigenvalue weighted by molar-refractivity contribution is 0.0994. The van der Waals surface area contributed by atoms with Crippen LogP contribution in [0.4, 0.5) is 0 Å². The lowest BCUT2D eigenvalue weighted by Crippen LogP contribution is -2.12. The Balaban J connectivity index is 2.18. The molecule has 0 saturated carbocycles. The molecule has 0 aromatic carbocycles. The van der Waals surface area contributed by atoms with E-state index in [-0.39, 0.29) is 5.69 Å². The number of amides is 1. The molecule has 0 spiro atoms. The number of nitrogens with one attached hydrogen (secondary N) is 1. The number of aromatic amines is 1. The summed E-state index contributed by atoms with van der Waals surface area (Å²) in [6.07, 6.45) is 1.12. The van der Waals surface area contributed by atoms with Gasteiger partial charge in [-0.1, -0.05) is 6.92 Å². The molecule has 2 heterocycles. The lowest BCUT2D eigenvalue weighted by atomic mass is 10.3. The highest BCUT2D eigenvalue weighted by Crippen LogP contribution is 2.11. The van der Waals surface area contributed by atoms with Crippen LogP contribution < -0.4 is 5.73 Å². The van der Waals surface area contributed by atoms with Crippen molar-refractivity contribution in [3.8, 4) is 0 Å². The molecule has 0 aliphatic rings. The maximum absolute atomic E-state index is 11.0. The average molecular weight is 235 g/mol. The highest BCUT2D eigenvalue weighted by Gasteiger charge is 2.15. The first-order valence-electron chi connectivity index (χ1n) is 5.26. The van der Waals surface area contributed by atoms with Gasteiger partial charge in [-0.15, -0.1) is 0 Å².